The molecule has 0 radical (unpaired) electrons. The van der Waals surface area contributed by atoms with Crippen LogP contribution in [0.3, 0.4) is 0 Å². The third-order valence-corrected chi connectivity index (χ3v) is 4.06. The lowest BCUT2D eigenvalue weighted by atomic mass is 10.2. The molecule has 3 aromatic rings. The predicted molar refractivity (Wildman–Crippen MR) is 96.7 cm³/mol. The van der Waals surface area contributed by atoms with Gasteiger partial charge in [0.25, 0.3) is 0 Å². The molecule has 5 nitrogen and oxygen atoms in total. The summed E-state index contributed by atoms with van der Waals surface area (Å²) < 4.78 is 2.67. The second-order valence-electron chi connectivity index (χ2n) is 4.62. The standard InChI is InChI=1S/C15H10BrClN4OS/c16-11-3-6-13(22)10(7-11)8-18-21-14(19-20-15(21)23)9-1-4-12(17)5-2-9/h1-8,22H,(H,20,23)/b18-8-. The molecule has 8 heteroatoms. The van der Waals surface area contributed by atoms with E-state index in [-0.39, 0.29) is 5.75 Å². The number of halogens is 2. The maximum absolute atomic E-state index is 9.86. The summed E-state index contributed by atoms with van der Waals surface area (Å²) >= 11 is 14.5. The van der Waals surface area contributed by atoms with Gasteiger partial charge in [0.2, 0.25) is 4.77 Å². The number of aromatic amines is 1. The second-order valence-corrected chi connectivity index (χ2v) is 6.36. The Labute approximate surface area is 150 Å². The van der Waals surface area contributed by atoms with Crippen molar-refractivity contribution in [2.24, 2.45) is 5.10 Å². The fourth-order valence-electron chi connectivity index (χ4n) is 1.93. The summed E-state index contributed by atoms with van der Waals surface area (Å²) in [5.74, 6) is 0.678. The molecule has 0 saturated heterocycles. The molecule has 0 atom stereocenters. The van der Waals surface area contributed by atoms with Crippen molar-refractivity contribution in [3.63, 3.8) is 0 Å². The second kappa shape index (κ2) is 6.66. The summed E-state index contributed by atoms with van der Waals surface area (Å²) in [7, 11) is 0. The van der Waals surface area contributed by atoms with Crippen LogP contribution in [-0.2, 0) is 0 Å². The zero-order chi connectivity index (χ0) is 16.4. The van der Waals surface area contributed by atoms with Gasteiger partial charge in [0, 0.05) is 20.6 Å². The molecule has 0 amide bonds. The molecule has 0 aliphatic carbocycles. The van der Waals surface area contributed by atoms with E-state index in [0.717, 1.165) is 10.0 Å². The predicted octanol–water partition coefficient (Wildman–Crippen LogP) is 4.61. The molecule has 0 unspecified atom stereocenters. The molecule has 0 bridgehead atoms. The molecule has 0 fully saturated rings. The lowest BCUT2D eigenvalue weighted by Gasteiger charge is -2.02. The molecule has 116 valence electrons. The minimum absolute atomic E-state index is 0.125. The van der Waals surface area contributed by atoms with E-state index in [1.54, 1.807) is 30.3 Å². The van der Waals surface area contributed by atoms with Crippen LogP contribution in [0, 0.1) is 4.77 Å². The van der Waals surface area contributed by atoms with Crippen LogP contribution in [0.25, 0.3) is 11.4 Å². The molecule has 2 N–H and O–H groups in total. The number of phenols is 1. The Bertz CT molecular complexity index is 933. The largest absolute Gasteiger partial charge is 0.507 e. The number of nitrogens with zero attached hydrogens (tertiary/aromatic N) is 3. The zero-order valence-corrected chi connectivity index (χ0v) is 14.7. The average molecular weight is 410 g/mol. The number of aromatic hydroxyl groups is 1. The van der Waals surface area contributed by atoms with E-state index in [2.05, 4.69) is 31.2 Å². The maximum atomic E-state index is 9.86. The lowest BCUT2D eigenvalue weighted by Crippen LogP contribution is -1.95. The van der Waals surface area contributed by atoms with Crippen LogP contribution in [0.2, 0.25) is 5.02 Å². The first kappa shape index (κ1) is 15.9. The molecule has 0 aliphatic rings. The van der Waals surface area contributed by atoms with Crippen LogP contribution in [-0.4, -0.2) is 26.2 Å². The molecule has 0 aliphatic heterocycles. The highest BCUT2D eigenvalue weighted by Crippen LogP contribution is 2.22. The van der Waals surface area contributed by atoms with Crippen molar-refractivity contribution < 1.29 is 5.11 Å². The molecule has 1 heterocycles. The third kappa shape index (κ3) is 3.52. The minimum Gasteiger partial charge on any atom is -0.507 e. The topological polar surface area (TPSA) is 66.2 Å². The van der Waals surface area contributed by atoms with Gasteiger partial charge in [0.05, 0.1) is 6.21 Å². The monoisotopic (exact) mass is 408 g/mol. The lowest BCUT2D eigenvalue weighted by molar-refractivity contribution is 0.474. The van der Waals surface area contributed by atoms with E-state index < -0.39 is 0 Å². The van der Waals surface area contributed by atoms with Crippen LogP contribution in [0.1, 0.15) is 5.56 Å². The minimum atomic E-state index is 0.125. The van der Waals surface area contributed by atoms with E-state index in [9.17, 15) is 5.11 Å². The smallest absolute Gasteiger partial charge is 0.216 e. The van der Waals surface area contributed by atoms with Crippen molar-refractivity contribution in [3.8, 4) is 17.1 Å². The maximum Gasteiger partial charge on any atom is 0.216 e. The quantitative estimate of drug-likeness (QED) is 0.490. The van der Waals surface area contributed by atoms with Crippen molar-refractivity contribution >= 4 is 46.0 Å². The summed E-state index contributed by atoms with van der Waals surface area (Å²) in [5, 5.41) is 21.7. The molecule has 3 rings (SSSR count). The molecule has 23 heavy (non-hydrogen) atoms. The fraction of sp³-hybridized carbons (Fsp3) is 0. The van der Waals surface area contributed by atoms with Gasteiger partial charge in [-0.15, -0.1) is 0 Å². The number of rotatable bonds is 3. The molecule has 1 aromatic heterocycles. The number of aromatic nitrogens is 3. The highest BCUT2D eigenvalue weighted by atomic mass is 79.9. The Kier molecular flexibility index (Phi) is 4.61. The third-order valence-electron chi connectivity index (χ3n) is 3.05. The van der Waals surface area contributed by atoms with Gasteiger partial charge in [0.1, 0.15) is 5.75 Å². The summed E-state index contributed by atoms with van der Waals surface area (Å²) in [5.41, 5.74) is 1.38. The number of benzene rings is 2. The summed E-state index contributed by atoms with van der Waals surface area (Å²) in [4.78, 5) is 0. The van der Waals surface area contributed by atoms with Gasteiger partial charge in [-0.2, -0.15) is 14.9 Å². The van der Waals surface area contributed by atoms with Crippen molar-refractivity contribution in [1.82, 2.24) is 14.9 Å². The Morgan fingerprint density at radius 2 is 2.00 bits per heavy atom. The first-order valence-electron chi connectivity index (χ1n) is 6.51. The van der Waals surface area contributed by atoms with E-state index in [4.69, 9.17) is 23.8 Å². The Morgan fingerprint density at radius 1 is 1.26 bits per heavy atom. The average Bonchev–Trinajstić information content (AvgIpc) is 2.90. The van der Waals surface area contributed by atoms with Crippen molar-refractivity contribution in [1.29, 1.82) is 0 Å². The molecule has 2 aromatic carbocycles. The number of phenolic OH excluding ortho intramolecular Hbond substituents is 1. The normalized spacial score (nSPS) is 11.2. The number of nitrogens with one attached hydrogen (secondary N) is 1. The highest BCUT2D eigenvalue weighted by Gasteiger charge is 2.08. The van der Waals surface area contributed by atoms with Crippen LogP contribution in [0.15, 0.2) is 52.0 Å². The molecule has 0 saturated carbocycles. The first-order chi connectivity index (χ1) is 11.0. The fourth-order valence-corrected chi connectivity index (χ4v) is 2.62. The van der Waals surface area contributed by atoms with E-state index in [1.807, 2.05) is 12.1 Å². The molecular weight excluding hydrogens is 400 g/mol. The van der Waals surface area contributed by atoms with Crippen LogP contribution in [0.5, 0.6) is 5.75 Å². The summed E-state index contributed by atoms with van der Waals surface area (Å²) in [6.45, 7) is 0. The first-order valence-corrected chi connectivity index (χ1v) is 8.09. The molecular formula is C15H10BrClN4OS. The van der Waals surface area contributed by atoms with Gasteiger partial charge in [0.15, 0.2) is 5.82 Å². The Balaban J connectivity index is 2.02. The van der Waals surface area contributed by atoms with E-state index >= 15 is 0 Å². The summed E-state index contributed by atoms with van der Waals surface area (Å²) in [6, 6.07) is 12.3. The van der Waals surface area contributed by atoms with Crippen molar-refractivity contribution in [3.05, 3.63) is 62.3 Å². The van der Waals surface area contributed by atoms with Gasteiger partial charge in [-0.3, -0.25) is 0 Å². The van der Waals surface area contributed by atoms with Gasteiger partial charge in [-0.1, -0.05) is 27.5 Å². The van der Waals surface area contributed by atoms with E-state index in [0.29, 0.717) is 21.2 Å². The Morgan fingerprint density at radius 3 is 2.74 bits per heavy atom. The number of H-pyrrole nitrogens is 1. The van der Waals surface area contributed by atoms with Gasteiger partial charge in [-0.25, -0.2) is 5.10 Å². The van der Waals surface area contributed by atoms with Crippen molar-refractivity contribution in [2.45, 2.75) is 0 Å². The van der Waals surface area contributed by atoms with Crippen LogP contribution >= 0.6 is 39.7 Å². The zero-order valence-electron chi connectivity index (χ0n) is 11.6. The van der Waals surface area contributed by atoms with Crippen molar-refractivity contribution in [2.75, 3.05) is 0 Å². The van der Waals surface area contributed by atoms with Gasteiger partial charge < -0.3 is 5.11 Å². The van der Waals surface area contributed by atoms with Crippen LogP contribution < -0.4 is 0 Å². The van der Waals surface area contributed by atoms with Gasteiger partial charge in [-0.05, 0) is 54.7 Å². The van der Waals surface area contributed by atoms with Crippen LogP contribution in [0.4, 0.5) is 0 Å². The SMILES string of the molecule is Oc1ccc(Br)cc1/C=N\n1c(-c2ccc(Cl)cc2)n[nH]c1=S. The molecule has 0 spiro atoms. The van der Waals surface area contributed by atoms with E-state index in [1.165, 1.54) is 10.9 Å². The number of hydrogen-bond acceptors (Lipinski definition) is 4. The summed E-state index contributed by atoms with van der Waals surface area (Å²) in [6.07, 6.45) is 1.52. The number of hydrogen-bond donors (Lipinski definition) is 2. The highest BCUT2D eigenvalue weighted by molar-refractivity contribution is 9.10. The Hall–Kier alpha value is -1.96. The van der Waals surface area contributed by atoms with Gasteiger partial charge >= 0.3 is 0 Å².